The van der Waals surface area contributed by atoms with Gasteiger partial charge >= 0.3 is 0 Å². The van der Waals surface area contributed by atoms with Crippen molar-refractivity contribution in [2.45, 2.75) is 65.2 Å². The van der Waals surface area contributed by atoms with Gasteiger partial charge < -0.3 is 22.1 Å². The summed E-state index contributed by atoms with van der Waals surface area (Å²) in [4.78, 5) is 0. The molecule has 0 atom stereocenters. The van der Waals surface area contributed by atoms with E-state index in [0.717, 1.165) is 19.5 Å². The van der Waals surface area contributed by atoms with Gasteiger partial charge in [-0.05, 0) is 37.3 Å². The Balaban J connectivity index is 0. The van der Waals surface area contributed by atoms with Crippen LogP contribution in [0, 0.1) is 0 Å². The molecule has 6 N–H and O–H groups in total. The number of nitrogens with one attached hydrogen (secondary N) is 2. The molecule has 0 saturated carbocycles. The highest BCUT2D eigenvalue weighted by atomic mass is 32.1. The van der Waals surface area contributed by atoms with Crippen molar-refractivity contribution >= 4 is 34.7 Å². The SMILES string of the molecule is CCCCCCCCNC(N)=S.CCCCNC(N)=S. The van der Waals surface area contributed by atoms with Crippen molar-refractivity contribution in [2.75, 3.05) is 13.1 Å². The van der Waals surface area contributed by atoms with Gasteiger partial charge in [0, 0.05) is 13.1 Å². The lowest BCUT2D eigenvalue weighted by molar-refractivity contribution is 0.602. The maximum absolute atomic E-state index is 5.28. The average Bonchev–Trinajstić information content (AvgIpc) is 2.38. The Kier molecular flexibility index (Phi) is 19.9. The van der Waals surface area contributed by atoms with Gasteiger partial charge in [0.15, 0.2) is 10.2 Å². The summed E-state index contributed by atoms with van der Waals surface area (Å²) in [5, 5.41) is 6.62. The van der Waals surface area contributed by atoms with Crippen LogP contribution < -0.4 is 22.1 Å². The smallest absolute Gasteiger partial charge is 0.163 e. The molecule has 0 aliphatic heterocycles. The van der Waals surface area contributed by atoms with Gasteiger partial charge in [-0.2, -0.15) is 0 Å². The number of hydrogen-bond acceptors (Lipinski definition) is 2. The predicted octanol–water partition coefficient (Wildman–Crippen LogP) is 2.80. The van der Waals surface area contributed by atoms with Crippen molar-refractivity contribution in [1.29, 1.82) is 0 Å². The molecule has 0 rings (SSSR count). The minimum atomic E-state index is 0.401. The molecule has 20 heavy (non-hydrogen) atoms. The van der Waals surface area contributed by atoms with Crippen molar-refractivity contribution in [3.63, 3.8) is 0 Å². The molecule has 0 radical (unpaired) electrons. The molecule has 0 unspecified atom stereocenters. The Morgan fingerprint density at radius 2 is 1.10 bits per heavy atom. The summed E-state index contributed by atoms with van der Waals surface area (Å²) >= 11 is 9.26. The first-order valence-electron chi connectivity index (χ1n) is 7.61. The van der Waals surface area contributed by atoms with Gasteiger partial charge in [-0.3, -0.25) is 0 Å². The fourth-order valence-corrected chi connectivity index (χ4v) is 1.71. The van der Waals surface area contributed by atoms with Crippen LogP contribution in [0.4, 0.5) is 0 Å². The first-order chi connectivity index (χ1) is 9.54. The number of thiocarbonyl (C=S) groups is 2. The molecule has 0 aromatic heterocycles. The maximum atomic E-state index is 5.28. The molecule has 0 heterocycles. The molecule has 0 amide bonds. The van der Waals surface area contributed by atoms with Crippen molar-refractivity contribution in [3.8, 4) is 0 Å². The first kappa shape index (κ1) is 21.7. The summed E-state index contributed by atoms with van der Waals surface area (Å²) in [6.07, 6.45) is 10.2. The highest BCUT2D eigenvalue weighted by Crippen LogP contribution is 2.03. The lowest BCUT2D eigenvalue weighted by atomic mass is 10.1. The van der Waals surface area contributed by atoms with E-state index in [9.17, 15) is 0 Å². The third-order valence-corrected chi connectivity index (χ3v) is 2.95. The van der Waals surface area contributed by atoms with Gasteiger partial charge in [0.05, 0.1) is 0 Å². The second-order valence-electron chi connectivity index (χ2n) is 4.70. The number of rotatable bonds is 10. The second kappa shape index (κ2) is 18.4. The summed E-state index contributed by atoms with van der Waals surface area (Å²) in [7, 11) is 0. The molecular weight excluding hydrogens is 288 g/mol. The van der Waals surface area contributed by atoms with Gasteiger partial charge in [-0.25, -0.2) is 0 Å². The monoisotopic (exact) mass is 320 g/mol. The van der Waals surface area contributed by atoms with Crippen molar-refractivity contribution < 1.29 is 0 Å². The largest absolute Gasteiger partial charge is 0.376 e. The molecule has 0 saturated heterocycles. The molecule has 0 bridgehead atoms. The Labute approximate surface area is 135 Å². The Morgan fingerprint density at radius 3 is 1.55 bits per heavy atom. The lowest BCUT2D eigenvalue weighted by Crippen LogP contribution is -2.29. The average molecular weight is 321 g/mol. The highest BCUT2D eigenvalue weighted by Gasteiger charge is 1.90. The van der Waals surface area contributed by atoms with Crippen LogP contribution in [0.2, 0.25) is 0 Å². The lowest BCUT2D eigenvalue weighted by Gasteiger charge is -2.02. The number of nitrogens with two attached hydrogens (primary N) is 2. The summed E-state index contributed by atoms with van der Waals surface area (Å²) in [5.41, 5.74) is 10.4. The molecule has 0 aliphatic rings. The molecular formula is C14H32N4S2. The van der Waals surface area contributed by atoms with Crippen molar-refractivity contribution in [3.05, 3.63) is 0 Å². The zero-order valence-electron chi connectivity index (χ0n) is 13.0. The predicted molar refractivity (Wildman–Crippen MR) is 97.9 cm³/mol. The van der Waals surface area contributed by atoms with E-state index in [4.69, 9.17) is 11.5 Å². The quantitative estimate of drug-likeness (QED) is 0.366. The third-order valence-electron chi connectivity index (χ3n) is 2.66. The van der Waals surface area contributed by atoms with Gasteiger partial charge in [0.25, 0.3) is 0 Å². The highest BCUT2D eigenvalue weighted by molar-refractivity contribution is 7.80. The zero-order valence-corrected chi connectivity index (χ0v) is 14.7. The maximum Gasteiger partial charge on any atom is 0.163 e. The van der Waals surface area contributed by atoms with Gasteiger partial charge in [0.1, 0.15) is 0 Å². The van der Waals surface area contributed by atoms with E-state index in [1.807, 2.05) is 0 Å². The van der Waals surface area contributed by atoms with E-state index in [1.165, 1.54) is 44.9 Å². The van der Waals surface area contributed by atoms with E-state index < -0.39 is 0 Å². The normalized spacial score (nSPS) is 9.30. The van der Waals surface area contributed by atoms with E-state index in [2.05, 4.69) is 48.9 Å². The minimum Gasteiger partial charge on any atom is -0.376 e. The molecule has 0 aromatic carbocycles. The molecule has 0 spiro atoms. The van der Waals surface area contributed by atoms with Crippen molar-refractivity contribution in [1.82, 2.24) is 10.6 Å². The summed E-state index contributed by atoms with van der Waals surface area (Å²) in [6, 6.07) is 0. The van der Waals surface area contributed by atoms with Gasteiger partial charge in [-0.1, -0.05) is 52.4 Å². The van der Waals surface area contributed by atoms with Crippen LogP contribution in [-0.4, -0.2) is 23.3 Å². The first-order valence-corrected chi connectivity index (χ1v) is 8.42. The van der Waals surface area contributed by atoms with E-state index in [-0.39, 0.29) is 0 Å². The van der Waals surface area contributed by atoms with E-state index in [0.29, 0.717) is 10.2 Å². The zero-order chi connectivity index (χ0) is 15.6. The number of unbranched alkanes of at least 4 members (excludes halogenated alkanes) is 6. The van der Waals surface area contributed by atoms with Crippen molar-refractivity contribution in [2.24, 2.45) is 11.5 Å². The van der Waals surface area contributed by atoms with Crippen LogP contribution in [-0.2, 0) is 0 Å². The van der Waals surface area contributed by atoms with E-state index in [1.54, 1.807) is 0 Å². The van der Waals surface area contributed by atoms with Crippen LogP contribution in [0.1, 0.15) is 65.2 Å². The topological polar surface area (TPSA) is 76.1 Å². The van der Waals surface area contributed by atoms with Gasteiger partial charge in [0.2, 0.25) is 0 Å². The standard InChI is InChI=1S/C9H20N2S.C5H12N2S/c1-2-3-4-5-6-7-8-11-9(10)12;1-2-3-4-7-5(6)8/h2-8H2,1H3,(H3,10,11,12);2-4H2,1H3,(H3,6,7,8). The van der Waals surface area contributed by atoms with Crippen LogP contribution in [0.3, 0.4) is 0 Å². The summed E-state index contributed by atoms with van der Waals surface area (Å²) in [6.45, 7) is 6.20. The minimum absolute atomic E-state index is 0.401. The Bertz CT molecular complexity index is 235. The fraction of sp³-hybridized carbons (Fsp3) is 0.857. The van der Waals surface area contributed by atoms with Crippen LogP contribution >= 0.6 is 24.4 Å². The molecule has 0 fully saturated rings. The molecule has 0 aromatic rings. The summed E-state index contributed by atoms with van der Waals surface area (Å²) < 4.78 is 0. The Hall–Kier alpha value is -0.620. The summed E-state index contributed by atoms with van der Waals surface area (Å²) in [5.74, 6) is 0. The second-order valence-corrected chi connectivity index (χ2v) is 5.58. The molecule has 4 nitrogen and oxygen atoms in total. The van der Waals surface area contributed by atoms with Crippen LogP contribution in [0.25, 0.3) is 0 Å². The molecule has 6 heteroatoms. The van der Waals surface area contributed by atoms with E-state index >= 15 is 0 Å². The van der Waals surface area contributed by atoms with Crippen LogP contribution in [0.15, 0.2) is 0 Å². The fourth-order valence-electron chi connectivity index (χ4n) is 1.51. The molecule has 120 valence electrons. The Morgan fingerprint density at radius 1 is 0.700 bits per heavy atom. The van der Waals surface area contributed by atoms with Gasteiger partial charge in [-0.15, -0.1) is 0 Å². The number of hydrogen-bond donors (Lipinski definition) is 4. The third kappa shape index (κ3) is 26.0. The molecule has 0 aliphatic carbocycles. The van der Waals surface area contributed by atoms with Crippen LogP contribution in [0.5, 0.6) is 0 Å².